The molecule has 0 saturated carbocycles. The van der Waals surface area contributed by atoms with Crippen LogP contribution in [0.2, 0.25) is 0 Å². The molecule has 1 heterocycles. The third kappa shape index (κ3) is 4.37. The second kappa shape index (κ2) is 8.39. The average molecular weight is 327 g/mol. The molecule has 1 amide bonds. The monoisotopic (exact) mass is 326 g/mol. The summed E-state index contributed by atoms with van der Waals surface area (Å²) in [6, 6.07) is 7.93. The number of ether oxygens (including phenoxy) is 1. The minimum absolute atomic E-state index is 0. The van der Waals surface area contributed by atoms with E-state index in [0.29, 0.717) is 13.2 Å². The predicted molar refractivity (Wildman–Crippen MR) is 91.5 cm³/mol. The van der Waals surface area contributed by atoms with Gasteiger partial charge in [-0.25, -0.2) is 0 Å². The van der Waals surface area contributed by atoms with E-state index in [4.69, 9.17) is 4.74 Å². The third-order valence-electron chi connectivity index (χ3n) is 4.14. The van der Waals surface area contributed by atoms with Gasteiger partial charge in [0.25, 0.3) is 0 Å². The molecule has 0 radical (unpaired) electrons. The first-order valence-electron chi connectivity index (χ1n) is 7.74. The highest BCUT2D eigenvalue weighted by Crippen LogP contribution is 2.29. The molecule has 0 aliphatic carbocycles. The molecule has 0 spiro atoms. The Morgan fingerprint density at radius 1 is 1.41 bits per heavy atom. The lowest BCUT2D eigenvalue weighted by atomic mass is 9.81. The summed E-state index contributed by atoms with van der Waals surface area (Å²) in [7, 11) is 1.88. The standard InChI is InChI=1S/C17H26N2O2.ClH/c1-4-21-15-9-6-5-8-14(15)12-19(3)16(20)17(2)10-7-11-18-13-17;/h5-6,8-9,18H,4,7,10-13H2,1-3H3;1H. The molecule has 1 fully saturated rings. The van der Waals surface area contributed by atoms with Crippen molar-refractivity contribution in [3.63, 3.8) is 0 Å². The third-order valence-corrected chi connectivity index (χ3v) is 4.14. The maximum atomic E-state index is 12.7. The SMILES string of the molecule is CCOc1ccccc1CN(C)C(=O)C1(C)CCCNC1.Cl. The quantitative estimate of drug-likeness (QED) is 0.904. The molecular formula is C17H27ClN2O2. The number of benzene rings is 1. The van der Waals surface area contributed by atoms with Crippen molar-refractivity contribution in [1.29, 1.82) is 0 Å². The van der Waals surface area contributed by atoms with Crippen LogP contribution < -0.4 is 10.1 Å². The highest BCUT2D eigenvalue weighted by Gasteiger charge is 2.36. The van der Waals surface area contributed by atoms with Crippen molar-refractivity contribution in [1.82, 2.24) is 10.2 Å². The first kappa shape index (κ1) is 18.8. The van der Waals surface area contributed by atoms with E-state index >= 15 is 0 Å². The lowest BCUT2D eigenvalue weighted by Gasteiger charge is -2.36. The van der Waals surface area contributed by atoms with E-state index < -0.39 is 0 Å². The zero-order valence-corrected chi connectivity index (χ0v) is 14.5. The maximum absolute atomic E-state index is 12.7. The summed E-state index contributed by atoms with van der Waals surface area (Å²) < 4.78 is 5.64. The van der Waals surface area contributed by atoms with Gasteiger partial charge in [0, 0.05) is 25.7 Å². The van der Waals surface area contributed by atoms with Crippen molar-refractivity contribution in [2.75, 3.05) is 26.7 Å². The number of hydrogen-bond acceptors (Lipinski definition) is 3. The number of nitrogens with zero attached hydrogens (tertiary/aromatic N) is 1. The Bertz CT molecular complexity index is 487. The molecule has 5 heteroatoms. The van der Waals surface area contributed by atoms with Crippen LogP contribution >= 0.6 is 12.4 Å². The lowest BCUT2D eigenvalue weighted by Crippen LogP contribution is -2.48. The molecule has 22 heavy (non-hydrogen) atoms. The Morgan fingerprint density at radius 2 is 2.14 bits per heavy atom. The number of carbonyl (C=O) groups excluding carboxylic acids is 1. The topological polar surface area (TPSA) is 41.6 Å². The van der Waals surface area contributed by atoms with Gasteiger partial charge >= 0.3 is 0 Å². The summed E-state index contributed by atoms with van der Waals surface area (Å²) in [6.45, 7) is 7.04. The van der Waals surface area contributed by atoms with E-state index in [1.807, 2.05) is 43.1 Å². The molecule has 0 aromatic heterocycles. The number of nitrogens with one attached hydrogen (secondary N) is 1. The van der Waals surface area contributed by atoms with Gasteiger partial charge in [0.1, 0.15) is 5.75 Å². The van der Waals surface area contributed by atoms with Crippen molar-refractivity contribution in [2.24, 2.45) is 5.41 Å². The largest absolute Gasteiger partial charge is 0.494 e. The number of para-hydroxylation sites is 1. The predicted octanol–water partition coefficient (Wildman–Crippen LogP) is 2.86. The molecule has 4 nitrogen and oxygen atoms in total. The van der Waals surface area contributed by atoms with Gasteiger partial charge in [-0.05, 0) is 39.3 Å². The first-order valence-corrected chi connectivity index (χ1v) is 7.74. The van der Waals surface area contributed by atoms with E-state index in [9.17, 15) is 4.79 Å². The molecule has 1 aliphatic heterocycles. The summed E-state index contributed by atoms with van der Waals surface area (Å²) in [5, 5.41) is 3.33. The van der Waals surface area contributed by atoms with Crippen molar-refractivity contribution < 1.29 is 9.53 Å². The van der Waals surface area contributed by atoms with Gasteiger partial charge in [0.05, 0.1) is 12.0 Å². The zero-order valence-electron chi connectivity index (χ0n) is 13.7. The van der Waals surface area contributed by atoms with E-state index in [2.05, 4.69) is 12.2 Å². The van der Waals surface area contributed by atoms with Crippen molar-refractivity contribution in [2.45, 2.75) is 33.2 Å². The van der Waals surface area contributed by atoms with Crippen LogP contribution in [0, 0.1) is 5.41 Å². The normalized spacial score (nSPS) is 20.9. The summed E-state index contributed by atoms with van der Waals surface area (Å²) in [4.78, 5) is 14.6. The van der Waals surface area contributed by atoms with E-state index in [1.165, 1.54) is 0 Å². The van der Waals surface area contributed by atoms with Gasteiger partial charge in [0.15, 0.2) is 0 Å². The lowest BCUT2D eigenvalue weighted by molar-refractivity contribution is -0.141. The second-order valence-electron chi connectivity index (χ2n) is 6.04. The van der Waals surface area contributed by atoms with E-state index in [1.54, 1.807) is 0 Å². The van der Waals surface area contributed by atoms with Crippen LogP contribution in [0.1, 0.15) is 32.3 Å². The molecule has 1 saturated heterocycles. The van der Waals surface area contributed by atoms with Gasteiger partial charge in [-0.1, -0.05) is 18.2 Å². The number of carbonyl (C=O) groups is 1. The molecule has 1 aliphatic rings. The fraction of sp³-hybridized carbons (Fsp3) is 0.588. The number of rotatable bonds is 5. The molecule has 2 rings (SSSR count). The average Bonchev–Trinajstić information content (AvgIpc) is 2.49. The molecule has 124 valence electrons. The Morgan fingerprint density at radius 3 is 2.77 bits per heavy atom. The van der Waals surface area contributed by atoms with Gasteiger partial charge in [-0.15, -0.1) is 12.4 Å². The van der Waals surface area contributed by atoms with Crippen LogP contribution in [-0.2, 0) is 11.3 Å². The van der Waals surface area contributed by atoms with Crippen LogP contribution in [0.25, 0.3) is 0 Å². The zero-order chi connectivity index (χ0) is 15.3. The van der Waals surface area contributed by atoms with Gasteiger partial charge in [0.2, 0.25) is 5.91 Å². The van der Waals surface area contributed by atoms with Crippen LogP contribution in [0.4, 0.5) is 0 Å². The fourth-order valence-electron chi connectivity index (χ4n) is 2.96. The molecule has 1 atom stereocenters. The molecule has 1 N–H and O–H groups in total. The van der Waals surface area contributed by atoms with E-state index in [0.717, 1.165) is 37.2 Å². The molecular weight excluding hydrogens is 300 g/mol. The number of amides is 1. The van der Waals surface area contributed by atoms with Crippen LogP contribution in [0.15, 0.2) is 24.3 Å². The Kier molecular flexibility index (Phi) is 7.17. The Balaban J connectivity index is 0.00000242. The highest BCUT2D eigenvalue weighted by atomic mass is 35.5. The van der Waals surface area contributed by atoms with Crippen LogP contribution in [0.5, 0.6) is 5.75 Å². The molecule has 0 bridgehead atoms. The summed E-state index contributed by atoms with van der Waals surface area (Å²) in [5.74, 6) is 1.08. The van der Waals surface area contributed by atoms with Crippen molar-refractivity contribution in [3.05, 3.63) is 29.8 Å². The summed E-state index contributed by atoms with van der Waals surface area (Å²) >= 11 is 0. The highest BCUT2D eigenvalue weighted by molar-refractivity contribution is 5.85. The van der Waals surface area contributed by atoms with Gasteiger partial charge in [-0.3, -0.25) is 4.79 Å². The van der Waals surface area contributed by atoms with Crippen LogP contribution in [0.3, 0.4) is 0 Å². The van der Waals surface area contributed by atoms with Gasteiger partial charge in [-0.2, -0.15) is 0 Å². The minimum Gasteiger partial charge on any atom is -0.494 e. The van der Waals surface area contributed by atoms with E-state index in [-0.39, 0.29) is 23.7 Å². The van der Waals surface area contributed by atoms with Crippen molar-refractivity contribution >= 4 is 18.3 Å². The minimum atomic E-state index is -0.284. The number of piperidine rings is 1. The maximum Gasteiger partial charge on any atom is 0.229 e. The fourth-order valence-corrected chi connectivity index (χ4v) is 2.96. The van der Waals surface area contributed by atoms with Crippen molar-refractivity contribution in [3.8, 4) is 5.75 Å². The Labute approximate surface area is 139 Å². The first-order chi connectivity index (χ1) is 10.1. The number of hydrogen-bond donors (Lipinski definition) is 1. The molecule has 1 unspecified atom stereocenters. The van der Waals surface area contributed by atoms with Gasteiger partial charge < -0.3 is 15.0 Å². The van der Waals surface area contributed by atoms with Crippen LogP contribution in [-0.4, -0.2) is 37.6 Å². The molecule has 1 aromatic rings. The molecule has 1 aromatic carbocycles. The smallest absolute Gasteiger partial charge is 0.229 e. The Hall–Kier alpha value is -1.26. The second-order valence-corrected chi connectivity index (χ2v) is 6.04. The summed E-state index contributed by atoms with van der Waals surface area (Å²) in [5.41, 5.74) is 0.774. The number of halogens is 1. The summed E-state index contributed by atoms with van der Waals surface area (Å²) in [6.07, 6.45) is 2.02.